The van der Waals surface area contributed by atoms with Gasteiger partial charge in [0.05, 0.1) is 14.8 Å². The van der Waals surface area contributed by atoms with Gasteiger partial charge in [0.2, 0.25) is 0 Å². The Morgan fingerprint density at radius 1 is 0.957 bits per heavy atom. The molecule has 6 nitrogen and oxygen atoms in total. The Kier molecular flexibility index (Phi) is 13.3. The summed E-state index contributed by atoms with van der Waals surface area (Å²) < 4.78 is 21.7. The molecule has 0 rings (SSSR count). The maximum Gasteiger partial charge on any atom is 0.440 e. The van der Waals surface area contributed by atoms with Crippen LogP contribution in [-0.2, 0) is 17.7 Å². The first-order chi connectivity index (χ1) is 10.9. The van der Waals surface area contributed by atoms with E-state index in [4.69, 9.17) is 17.7 Å². The fourth-order valence-electron chi connectivity index (χ4n) is 2.14. The molecular weight excluding hydrogens is 344 g/mol. The fraction of sp³-hybridized carbons (Fsp3) is 0.857. The highest BCUT2D eigenvalue weighted by molar-refractivity contribution is 6.58. The van der Waals surface area contributed by atoms with Gasteiger partial charge in [-0.3, -0.25) is 0 Å². The number of hydrogen-bond donors (Lipinski definition) is 0. The summed E-state index contributed by atoms with van der Waals surface area (Å²) in [5.41, 5.74) is 0. The van der Waals surface area contributed by atoms with Crippen LogP contribution in [0.25, 0.3) is 0 Å². The molecule has 4 radical (unpaired) electrons. The van der Waals surface area contributed by atoms with Crippen molar-refractivity contribution in [2.45, 2.75) is 19.4 Å². The third-order valence-corrected chi connectivity index (χ3v) is 8.69. The molecule has 0 aromatic heterocycles. The van der Waals surface area contributed by atoms with Crippen molar-refractivity contribution in [2.24, 2.45) is 0 Å². The molecular formula is C14H32N2O4Si3. The second-order valence-corrected chi connectivity index (χ2v) is 10.7. The van der Waals surface area contributed by atoms with E-state index in [9.17, 15) is 0 Å². The number of hydrogen-bond acceptors (Lipinski definition) is 6. The Morgan fingerprint density at radius 2 is 1.52 bits per heavy atom. The monoisotopic (exact) mass is 376 g/mol. The lowest BCUT2D eigenvalue weighted by Gasteiger charge is -2.25. The predicted octanol–water partition coefficient (Wildman–Crippen LogP) is 0.864. The van der Waals surface area contributed by atoms with E-state index in [0.29, 0.717) is 0 Å². The van der Waals surface area contributed by atoms with E-state index in [-0.39, 0.29) is 0 Å². The quantitative estimate of drug-likeness (QED) is 0.444. The van der Waals surface area contributed by atoms with Crippen LogP contribution in [-0.4, -0.2) is 100 Å². The van der Waals surface area contributed by atoms with E-state index in [1.165, 1.54) is 10.5 Å². The van der Waals surface area contributed by atoms with Gasteiger partial charge < -0.3 is 27.5 Å². The summed E-state index contributed by atoms with van der Waals surface area (Å²) in [5.74, 6) is 0. The van der Waals surface area contributed by atoms with Crippen LogP contribution < -0.4 is 0 Å². The average Bonchev–Trinajstić information content (AvgIpc) is 2.53. The second-order valence-electron chi connectivity index (χ2n) is 5.36. The van der Waals surface area contributed by atoms with Gasteiger partial charge in [0, 0.05) is 42.5 Å². The third kappa shape index (κ3) is 9.15. The molecule has 0 atom stereocenters. The van der Waals surface area contributed by atoms with Crippen molar-refractivity contribution in [1.82, 2.24) is 9.80 Å². The predicted molar refractivity (Wildman–Crippen MR) is 98.6 cm³/mol. The van der Waals surface area contributed by atoms with Gasteiger partial charge in [-0.2, -0.15) is 0 Å². The van der Waals surface area contributed by atoms with E-state index in [0.717, 1.165) is 34.7 Å². The van der Waals surface area contributed by atoms with Crippen LogP contribution in [0.5, 0.6) is 0 Å². The molecule has 0 amide bonds. The number of rotatable bonds is 13. The standard InChI is InChI=1S/C14H32N2O4Si3/c1-13(14(15(2)3)23(19-7)20-8)21-12-16(4)10-9-11-22(17-5)18-6/h9-12H2,1-8H3. The molecule has 0 aliphatic rings. The first kappa shape index (κ1) is 23.0. The molecule has 0 aromatic rings. The molecule has 0 fully saturated rings. The van der Waals surface area contributed by atoms with Crippen LogP contribution in [0, 0.1) is 0 Å². The van der Waals surface area contributed by atoms with Crippen molar-refractivity contribution in [2.75, 3.05) is 62.3 Å². The summed E-state index contributed by atoms with van der Waals surface area (Å²) in [4.78, 5) is 4.49. The zero-order chi connectivity index (χ0) is 17.8. The summed E-state index contributed by atoms with van der Waals surface area (Å²) in [6.45, 7) is 3.24. The summed E-state index contributed by atoms with van der Waals surface area (Å²) in [6, 6.07) is 1.02. The van der Waals surface area contributed by atoms with Crippen molar-refractivity contribution in [3.63, 3.8) is 0 Å². The van der Waals surface area contributed by atoms with Crippen LogP contribution >= 0.6 is 0 Å². The number of nitrogens with zero attached hydrogens (tertiary/aromatic N) is 2. The molecule has 0 heterocycles. The highest BCUT2D eigenvalue weighted by Gasteiger charge is 2.23. The lowest BCUT2D eigenvalue weighted by Crippen LogP contribution is -2.35. The molecule has 0 spiro atoms. The van der Waals surface area contributed by atoms with Crippen molar-refractivity contribution in [1.29, 1.82) is 0 Å². The number of allylic oxidation sites excluding steroid dienone is 1. The first-order valence-electron chi connectivity index (χ1n) is 7.60. The zero-order valence-electron chi connectivity index (χ0n) is 15.9. The highest BCUT2D eigenvalue weighted by atomic mass is 28.3. The lowest BCUT2D eigenvalue weighted by molar-refractivity contribution is 0.273. The van der Waals surface area contributed by atoms with Gasteiger partial charge >= 0.3 is 18.6 Å². The van der Waals surface area contributed by atoms with E-state index < -0.39 is 18.6 Å². The zero-order valence-corrected chi connectivity index (χ0v) is 18.9. The van der Waals surface area contributed by atoms with Gasteiger partial charge in [-0.1, -0.05) is 5.20 Å². The molecule has 23 heavy (non-hydrogen) atoms. The van der Waals surface area contributed by atoms with Gasteiger partial charge in [-0.05, 0) is 39.1 Å². The molecule has 0 saturated heterocycles. The van der Waals surface area contributed by atoms with Crippen LogP contribution in [0.15, 0.2) is 10.5 Å². The fourth-order valence-corrected chi connectivity index (χ4v) is 6.02. The topological polar surface area (TPSA) is 43.4 Å². The van der Waals surface area contributed by atoms with Crippen LogP contribution in [0.4, 0.5) is 0 Å². The van der Waals surface area contributed by atoms with Crippen molar-refractivity contribution >= 4 is 28.1 Å². The van der Waals surface area contributed by atoms with E-state index >= 15 is 0 Å². The molecule has 134 valence electrons. The maximum absolute atomic E-state index is 5.51. The molecule has 0 N–H and O–H groups in total. The second kappa shape index (κ2) is 13.3. The van der Waals surface area contributed by atoms with Crippen molar-refractivity contribution in [3.05, 3.63) is 10.5 Å². The highest BCUT2D eigenvalue weighted by Crippen LogP contribution is 2.12. The summed E-state index contributed by atoms with van der Waals surface area (Å²) in [5, 5.41) is 2.56. The normalized spacial score (nSPS) is 13.2. The third-order valence-electron chi connectivity index (χ3n) is 3.36. The van der Waals surface area contributed by atoms with E-state index in [1.807, 2.05) is 0 Å². The molecule has 0 saturated carbocycles. The Hall–Kier alpha value is -0.00935. The minimum atomic E-state index is -1.38. The SMILES string of the molecule is CO[Si](CCCN(C)C[Si]C(C)=C(N(C)C)[Si](OC)OC)OC. The smallest absolute Gasteiger partial charge is 0.397 e. The largest absolute Gasteiger partial charge is 0.440 e. The molecule has 0 aliphatic heterocycles. The molecule has 0 unspecified atom stereocenters. The molecule has 0 aromatic carbocycles. The molecule has 9 heteroatoms. The van der Waals surface area contributed by atoms with Crippen LogP contribution in [0.1, 0.15) is 13.3 Å². The van der Waals surface area contributed by atoms with Gasteiger partial charge in [-0.15, -0.1) is 0 Å². The summed E-state index contributed by atoms with van der Waals surface area (Å²) in [6.07, 6.45) is 2.15. The van der Waals surface area contributed by atoms with E-state index in [2.05, 4.69) is 37.9 Å². The van der Waals surface area contributed by atoms with Crippen molar-refractivity contribution in [3.8, 4) is 0 Å². The minimum absolute atomic E-state index is 0.740. The summed E-state index contributed by atoms with van der Waals surface area (Å²) >= 11 is 0. The molecule has 0 bridgehead atoms. The van der Waals surface area contributed by atoms with E-state index in [1.54, 1.807) is 28.4 Å². The first-order valence-corrected chi connectivity index (χ1v) is 11.7. The van der Waals surface area contributed by atoms with Gasteiger partial charge in [-0.25, -0.2) is 0 Å². The Balaban J connectivity index is 4.42. The lowest BCUT2D eigenvalue weighted by atomic mass is 10.5. The Labute approximate surface area is 148 Å². The van der Waals surface area contributed by atoms with Gasteiger partial charge in [0.15, 0.2) is 0 Å². The maximum atomic E-state index is 5.51. The van der Waals surface area contributed by atoms with Gasteiger partial charge in [0.25, 0.3) is 0 Å². The summed E-state index contributed by atoms with van der Waals surface area (Å²) in [7, 11) is 11.5. The Morgan fingerprint density at radius 3 is 1.96 bits per heavy atom. The van der Waals surface area contributed by atoms with Crippen LogP contribution in [0.2, 0.25) is 6.04 Å². The Bertz CT molecular complexity index is 338. The van der Waals surface area contributed by atoms with Gasteiger partial charge in [0.1, 0.15) is 0 Å². The van der Waals surface area contributed by atoms with Crippen molar-refractivity contribution < 1.29 is 17.7 Å². The minimum Gasteiger partial charge on any atom is -0.397 e. The molecule has 0 aliphatic carbocycles. The van der Waals surface area contributed by atoms with Crippen LogP contribution in [0.3, 0.4) is 0 Å². The average molecular weight is 377 g/mol.